The van der Waals surface area contributed by atoms with Gasteiger partial charge in [0, 0.05) is 23.3 Å². The van der Waals surface area contributed by atoms with Crippen LogP contribution < -0.4 is 14.8 Å². The quantitative estimate of drug-likeness (QED) is 0.730. The van der Waals surface area contributed by atoms with Gasteiger partial charge < -0.3 is 14.8 Å². The SMILES string of the molecule is COc1cc2ncc(Br)c(Nc3ccccc3)c2cc1OC. The highest BCUT2D eigenvalue weighted by molar-refractivity contribution is 9.10. The summed E-state index contributed by atoms with van der Waals surface area (Å²) in [5, 5.41) is 4.38. The second-order valence-electron chi connectivity index (χ2n) is 4.70. The lowest BCUT2D eigenvalue weighted by atomic mass is 10.1. The molecule has 0 atom stereocenters. The van der Waals surface area contributed by atoms with Crippen LogP contribution in [0.1, 0.15) is 0 Å². The molecule has 0 bridgehead atoms. The minimum Gasteiger partial charge on any atom is -0.493 e. The molecule has 112 valence electrons. The van der Waals surface area contributed by atoms with Gasteiger partial charge in [-0.1, -0.05) is 18.2 Å². The van der Waals surface area contributed by atoms with E-state index in [0.29, 0.717) is 11.5 Å². The first-order valence-corrected chi connectivity index (χ1v) is 7.54. The van der Waals surface area contributed by atoms with E-state index in [1.165, 1.54) is 0 Å². The van der Waals surface area contributed by atoms with E-state index >= 15 is 0 Å². The van der Waals surface area contributed by atoms with Crippen LogP contribution in [0.5, 0.6) is 11.5 Å². The van der Waals surface area contributed by atoms with Crippen LogP contribution in [-0.4, -0.2) is 19.2 Å². The first kappa shape index (κ1) is 14.7. The summed E-state index contributed by atoms with van der Waals surface area (Å²) in [5.41, 5.74) is 2.78. The van der Waals surface area contributed by atoms with E-state index < -0.39 is 0 Å². The molecule has 0 fully saturated rings. The highest BCUT2D eigenvalue weighted by atomic mass is 79.9. The van der Waals surface area contributed by atoms with E-state index in [4.69, 9.17) is 9.47 Å². The van der Waals surface area contributed by atoms with Crippen LogP contribution in [0.2, 0.25) is 0 Å². The van der Waals surface area contributed by atoms with Crippen LogP contribution in [0.3, 0.4) is 0 Å². The Morgan fingerprint density at radius 2 is 1.68 bits per heavy atom. The zero-order valence-electron chi connectivity index (χ0n) is 12.3. The number of aromatic nitrogens is 1. The van der Waals surface area contributed by atoms with Crippen molar-refractivity contribution in [1.29, 1.82) is 0 Å². The minimum absolute atomic E-state index is 0.662. The van der Waals surface area contributed by atoms with Crippen molar-refractivity contribution in [2.24, 2.45) is 0 Å². The molecule has 3 aromatic rings. The Morgan fingerprint density at radius 3 is 2.36 bits per heavy atom. The molecular weight excluding hydrogens is 344 g/mol. The monoisotopic (exact) mass is 358 g/mol. The van der Waals surface area contributed by atoms with Gasteiger partial charge in [0.05, 0.1) is 29.9 Å². The molecule has 5 heteroatoms. The number of rotatable bonds is 4. The van der Waals surface area contributed by atoms with E-state index in [9.17, 15) is 0 Å². The van der Waals surface area contributed by atoms with Crippen LogP contribution in [0, 0.1) is 0 Å². The maximum absolute atomic E-state index is 5.39. The molecule has 22 heavy (non-hydrogen) atoms. The predicted molar refractivity (Wildman–Crippen MR) is 92.3 cm³/mol. The van der Waals surface area contributed by atoms with Crippen LogP contribution in [0.15, 0.2) is 53.1 Å². The number of nitrogens with one attached hydrogen (secondary N) is 1. The van der Waals surface area contributed by atoms with E-state index in [0.717, 1.165) is 26.8 Å². The predicted octanol–water partition coefficient (Wildman–Crippen LogP) is 4.76. The van der Waals surface area contributed by atoms with Gasteiger partial charge in [-0.05, 0) is 34.1 Å². The molecule has 0 saturated heterocycles. The summed E-state index contributed by atoms with van der Waals surface area (Å²) in [6.45, 7) is 0. The smallest absolute Gasteiger partial charge is 0.162 e. The van der Waals surface area contributed by atoms with Crippen molar-refractivity contribution in [1.82, 2.24) is 4.98 Å². The van der Waals surface area contributed by atoms with E-state index in [1.54, 1.807) is 20.4 Å². The number of nitrogens with zero attached hydrogens (tertiary/aromatic N) is 1. The van der Waals surface area contributed by atoms with Crippen molar-refractivity contribution in [3.63, 3.8) is 0 Å². The highest BCUT2D eigenvalue weighted by Crippen LogP contribution is 2.38. The van der Waals surface area contributed by atoms with Gasteiger partial charge in [-0.2, -0.15) is 0 Å². The van der Waals surface area contributed by atoms with Crippen LogP contribution in [-0.2, 0) is 0 Å². The number of hydrogen-bond acceptors (Lipinski definition) is 4. The fourth-order valence-electron chi connectivity index (χ4n) is 2.29. The molecule has 0 amide bonds. The maximum Gasteiger partial charge on any atom is 0.162 e. The van der Waals surface area contributed by atoms with Gasteiger partial charge in [0.1, 0.15) is 0 Å². The number of benzene rings is 2. The Morgan fingerprint density at radius 1 is 1.00 bits per heavy atom. The van der Waals surface area contributed by atoms with Crippen molar-refractivity contribution in [2.45, 2.75) is 0 Å². The summed E-state index contributed by atoms with van der Waals surface area (Å²) in [6, 6.07) is 13.8. The molecule has 0 radical (unpaired) electrons. The third kappa shape index (κ3) is 2.72. The van der Waals surface area contributed by atoms with Crippen LogP contribution in [0.4, 0.5) is 11.4 Å². The Bertz CT molecular complexity index is 807. The third-order valence-corrected chi connectivity index (χ3v) is 3.97. The Labute approximate surface area is 137 Å². The molecule has 0 aliphatic carbocycles. The third-order valence-electron chi connectivity index (χ3n) is 3.37. The van der Waals surface area contributed by atoms with E-state index in [2.05, 4.69) is 26.2 Å². The molecule has 0 unspecified atom stereocenters. The normalized spacial score (nSPS) is 10.5. The second kappa shape index (κ2) is 6.23. The second-order valence-corrected chi connectivity index (χ2v) is 5.55. The van der Waals surface area contributed by atoms with Gasteiger partial charge >= 0.3 is 0 Å². The number of fused-ring (bicyclic) bond motifs is 1. The van der Waals surface area contributed by atoms with Crippen molar-refractivity contribution < 1.29 is 9.47 Å². The molecular formula is C17H15BrN2O2. The molecule has 1 aromatic heterocycles. The first-order valence-electron chi connectivity index (χ1n) is 6.75. The summed E-state index contributed by atoms with van der Waals surface area (Å²) in [7, 11) is 3.24. The van der Waals surface area contributed by atoms with Crippen molar-refractivity contribution >= 4 is 38.2 Å². The molecule has 2 aromatic carbocycles. The number of pyridine rings is 1. The number of anilines is 2. The lowest BCUT2D eigenvalue weighted by molar-refractivity contribution is 0.356. The summed E-state index contributed by atoms with van der Waals surface area (Å²) in [6.07, 6.45) is 1.78. The van der Waals surface area contributed by atoms with Gasteiger partial charge in [-0.3, -0.25) is 4.98 Å². The van der Waals surface area contributed by atoms with E-state index in [-0.39, 0.29) is 0 Å². The van der Waals surface area contributed by atoms with E-state index in [1.807, 2.05) is 42.5 Å². The summed E-state index contributed by atoms with van der Waals surface area (Å²) in [4.78, 5) is 4.44. The number of ether oxygens (including phenoxy) is 2. The summed E-state index contributed by atoms with van der Waals surface area (Å²) in [5.74, 6) is 1.33. The number of halogens is 1. The topological polar surface area (TPSA) is 43.4 Å². The van der Waals surface area contributed by atoms with Crippen molar-refractivity contribution in [3.05, 3.63) is 53.1 Å². The average molecular weight is 359 g/mol. The Kier molecular flexibility index (Phi) is 4.15. The molecule has 1 N–H and O–H groups in total. The minimum atomic E-state index is 0.662. The molecule has 0 spiro atoms. The van der Waals surface area contributed by atoms with Gasteiger partial charge in [0.15, 0.2) is 11.5 Å². The lowest BCUT2D eigenvalue weighted by Gasteiger charge is -2.14. The summed E-state index contributed by atoms with van der Waals surface area (Å²) >= 11 is 3.56. The number of hydrogen-bond donors (Lipinski definition) is 1. The Hall–Kier alpha value is -2.27. The van der Waals surface area contributed by atoms with Gasteiger partial charge in [-0.15, -0.1) is 0 Å². The number of methoxy groups -OCH3 is 2. The van der Waals surface area contributed by atoms with Crippen LogP contribution >= 0.6 is 15.9 Å². The molecule has 0 aliphatic rings. The number of para-hydroxylation sites is 1. The van der Waals surface area contributed by atoms with Crippen LogP contribution in [0.25, 0.3) is 10.9 Å². The molecule has 0 aliphatic heterocycles. The average Bonchev–Trinajstić information content (AvgIpc) is 2.57. The fraction of sp³-hybridized carbons (Fsp3) is 0.118. The molecule has 0 saturated carbocycles. The standard InChI is InChI=1S/C17H15BrN2O2/c1-21-15-8-12-14(9-16(15)22-2)19-10-13(18)17(12)20-11-6-4-3-5-7-11/h3-10H,1-2H3,(H,19,20). The first-order chi connectivity index (χ1) is 10.7. The van der Waals surface area contributed by atoms with Gasteiger partial charge in [-0.25, -0.2) is 0 Å². The zero-order valence-corrected chi connectivity index (χ0v) is 13.8. The van der Waals surface area contributed by atoms with Crippen molar-refractivity contribution in [3.8, 4) is 11.5 Å². The van der Waals surface area contributed by atoms with Gasteiger partial charge in [0.2, 0.25) is 0 Å². The molecule has 4 nitrogen and oxygen atoms in total. The lowest BCUT2D eigenvalue weighted by Crippen LogP contribution is -1.96. The molecule has 3 rings (SSSR count). The van der Waals surface area contributed by atoms with Crippen molar-refractivity contribution in [2.75, 3.05) is 19.5 Å². The molecule has 1 heterocycles. The summed E-state index contributed by atoms with van der Waals surface area (Å²) < 4.78 is 11.6. The highest BCUT2D eigenvalue weighted by Gasteiger charge is 2.12. The Balaban J connectivity index is 2.17. The van der Waals surface area contributed by atoms with Gasteiger partial charge in [0.25, 0.3) is 0 Å². The fourth-order valence-corrected chi connectivity index (χ4v) is 2.70. The zero-order chi connectivity index (χ0) is 15.5. The maximum atomic E-state index is 5.39. The largest absolute Gasteiger partial charge is 0.493 e.